The van der Waals surface area contributed by atoms with Crippen LogP contribution >= 0.6 is 7.75 Å². The molecule has 1 aromatic carbocycles. The third-order valence-corrected chi connectivity index (χ3v) is 6.39. The van der Waals surface area contributed by atoms with Crippen LogP contribution in [0.25, 0.3) is 0 Å². The Morgan fingerprint density at radius 2 is 1.89 bits per heavy atom. The fourth-order valence-electron chi connectivity index (χ4n) is 3.10. The van der Waals surface area contributed by atoms with Crippen LogP contribution in [-0.4, -0.2) is 56.0 Å². The summed E-state index contributed by atoms with van der Waals surface area (Å²) in [5.74, 6) is -1.06. The van der Waals surface area contributed by atoms with Crippen molar-refractivity contribution in [3.05, 3.63) is 58.6 Å². The van der Waals surface area contributed by atoms with Crippen molar-refractivity contribution in [2.24, 2.45) is 11.7 Å². The summed E-state index contributed by atoms with van der Waals surface area (Å²) in [5.41, 5.74) is 9.75. The highest BCUT2D eigenvalue weighted by Gasteiger charge is 2.41. The first-order valence-corrected chi connectivity index (χ1v) is 13.2. The van der Waals surface area contributed by atoms with Crippen molar-refractivity contribution in [1.29, 1.82) is 0 Å². The zero-order valence-electron chi connectivity index (χ0n) is 21.3. The molecule has 0 saturated carbocycles. The van der Waals surface area contributed by atoms with Gasteiger partial charge in [-0.05, 0) is 31.4 Å². The van der Waals surface area contributed by atoms with E-state index >= 15 is 0 Å². The van der Waals surface area contributed by atoms with Crippen LogP contribution in [-0.2, 0) is 36.6 Å². The van der Waals surface area contributed by atoms with Gasteiger partial charge in [-0.2, -0.15) is 4.98 Å². The number of rotatable bonds is 14. The molecule has 4 atom stereocenters. The molecule has 0 fully saturated rings. The van der Waals surface area contributed by atoms with E-state index in [1.807, 2.05) is 6.07 Å². The largest absolute Gasteiger partial charge is 0.455 e. The van der Waals surface area contributed by atoms with Crippen molar-refractivity contribution >= 4 is 19.5 Å². The zero-order chi connectivity index (χ0) is 27.8. The molecule has 37 heavy (non-hydrogen) atoms. The molecule has 2 aromatic rings. The molecule has 14 heteroatoms. The predicted octanol–water partition coefficient (Wildman–Crippen LogP) is 0.741. The van der Waals surface area contributed by atoms with Gasteiger partial charge in [0.25, 0.3) is 0 Å². The highest BCUT2D eigenvalue weighted by molar-refractivity contribution is 7.50. The van der Waals surface area contributed by atoms with Crippen LogP contribution in [0.3, 0.4) is 0 Å². The predicted molar refractivity (Wildman–Crippen MR) is 136 cm³/mol. The first-order valence-electron chi connectivity index (χ1n) is 11.6. The lowest BCUT2D eigenvalue weighted by atomic mass is 9.96. The Labute approximate surface area is 215 Å². The summed E-state index contributed by atoms with van der Waals surface area (Å²) in [6.45, 7) is 5.22. The van der Waals surface area contributed by atoms with E-state index in [0.717, 1.165) is 10.1 Å². The Balaban J connectivity index is 2.24. The number of nitrogens with two attached hydrogens (primary N) is 2. The van der Waals surface area contributed by atoms with Crippen LogP contribution in [0, 0.1) is 5.92 Å². The van der Waals surface area contributed by atoms with E-state index in [0.29, 0.717) is 0 Å². The minimum absolute atomic E-state index is 0.0119. The lowest BCUT2D eigenvalue weighted by molar-refractivity contribution is -0.191. The summed E-state index contributed by atoms with van der Waals surface area (Å²) in [7, 11) is -4.36. The van der Waals surface area contributed by atoms with Gasteiger partial charge in [0.2, 0.25) is 0 Å². The van der Waals surface area contributed by atoms with Crippen molar-refractivity contribution in [1.82, 2.24) is 14.6 Å². The van der Waals surface area contributed by atoms with Gasteiger partial charge in [0.1, 0.15) is 24.7 Å². The lowest BCUT2D eigenvalue weighted by Crippen LogP contribution is -2.53. The second-order valence-electron chi connectivity index (χ2n) is 9.36. The van der Waals surface area contributed by atoms with E-state index in [-0.39, 0.29) is 18.3 Å². The number of hydrogen-bond acceptors (Lipinski definition) is 10. The molecular formula is C23H36N5O8P. The van der Waals surface area contributed by atoms with Crippen molar-refractivity contribution in [3.8, 4) is 0 Å². The highest BCUT2D eigenvalue weighted by atomic mass is 31.2. The first kappa shape index (κ1) is 30.6. The van der Waals surface area contributed by atoms with E-state index in [1.165, 1.54) is 26.1 Å². The second kappa shape index (κ2) is 13.2. The van der Waals surface area contributed by atoms with Gasteiger partial charge in [-0.3, -0.25) is 13.9 Å². The fraction of sp³-hybridized carbons (Fsp3) is 0.522. The summed E-state index contributed by atoms with van der Waals surface area (Å²) in [6, 6.07) is 9.28. The van der Waals surface area contributed by atoms with Crippen LogP contribution in [0.5, 0.6) is 0 Å². The maximum atomic E-state index is 12.6. The van der Waals surface area contributed by atoms with E-state index in [1.54, 1.807) is 38.1 Å². The molecule has 1 aromatic heterocycles. The summed E-state index contributed by atoms with van der Waals surface area (Å²) >= 11 is 0. The van der Waals surface area contributed by atoms with Gasteiger partial charge in [-0.25, -0.2) is 14.4 Å². The second-order valence-corrected chi connectivity index (χ2v) is 11.0. The van der Waals surface area contributed by atoms with Crippen LogP contribution in [0.15, 0.2) is 47.4 Å². The molecule has 1 heterocycles. The number of hydrogen-bond donors (Lipinski definition) is 5. The van der Waals surface area contributed by atoms with Gasteiger partial charge in [-0.15, -0.1) is 0 Å². The standard InChI is InChI=1S/C23H36N5O8P/c1-15(2)19(25)21(29)36-20(23(3,4)31)17(34-14-28-11-10-18(24)27-22(28)30)13-35-37(32,33)26-12-16-8-6-5-7-9-16/h5-11,15,17,19-20,31H,12-14,25H2,1-4H3,(H2,24,27,30)(H2,26,32,33)/t17?,19?,20-/m1/s1. The minimum Gasteiger partial charge on any atom is -0.455 e. The number of carbonyl (C=O) groups excluding carboxylic acids is 1. The normalized spacial score (nSPS) is 16.1. The third kappa shape index (κ3) is 9.97. The van der Waals surface area contributed by atoms with Gasteiger partial charge in [-0.1, -0.05) is 44.2 Å². The molecule has 7 N–H and O–H groups in total. The van der Waals surface area contributed by atoms with Gasteiger partial charge in [0, 0.05) is 12.7 Å². The van der Waals surface area contributed by atoms with E-state index in [2.05, 4.69) is 10.1 Å². The Morgan fingerprint density at radius 1 is 1.24 bits per heavy atom. The molecule has 13 nitrogen and oxygen atoms in total. The molecule has 206 valence electrons. The smallest absolute Gasteiger partial charge is 0.403 e. The molecule has 0 bridgehead atoms. The number of nitrogens with one attached hydrogen (secondary N) is 1. The topological polar surface area (TPSA) is 201 Å². The Kier molecular flexibility index (Phi) is 10.9. The quantitative estimate of drug-likeness (QED) is 0.166. The zero-order valence-corrected chi connectivity index (χ0v) is 22.2. The Bertz CT molecular complexity index is 1120. The van der Waals surface area contributed by atoms with Gasteiger partial charge >= 0.3 is 19.4 Å². The Morgan fingerprint density at radius 3 is 2.46 bits per heavy atom. The van der Waals surface area contributed by atoms with Crippen molar-refractivity contribution in [3.63, 3.8) is 0 Å². The SMILES string of the molecule is CC(C)C(N)C(=O)O[C@H](C(COP(=O)(O)NCc1ccccc1)OCn1ccc(N)nc1=O)C(C)(C)O. The fourth-order valence-corrected chi connectivity index (χ4v) is 3.92. The number of benzene rings is 1. The van der Waals surface area contributed by atoms with Crippen LogP contribution in [0.4, 0.5) is 5.82 Å². The number of esters is 1. The minimum atomic E-state index is -4.36. The van der Waals surface area contributed by atoms with Crippen LogP contribution in [0.1, 0.15) is 33.3 Å². The molecule has 0 aliphatic heterocycles. The number of carbonyl (C=O) groups is 1. The molecule has 0 saturated heterocycles. The van der Waals surface area contributed by atoms with E-state index in [4.69, 9.17) is 25.5 Å². The average Bonchev–Trinajstić information content (AvgIpc) is 2.82. The monoisotopic (exact) mass is 541 g/mol. The molecule has 0 amide bonds. The third-order valence-electron chi connectivity index (χ3n) is 5.33. The number of aromatic nitrogens is 2. The average molecular weight is 542 g/mol. The molecule has 2 rings (SSSR count). The van der Waals surface area contributed by atoms with Gasteiger partial charge in [0.15, 0.2) is 6.10 Å². The van der Waals surface area contributed by atoms with E-state index < -0.39 is 56.6 Å². The van der Waals surface area contributed by atoms with Gasteiger partial charge in [0.05, 0.1) is 12.2 Å². The maximum Gasteiger partial charge on any atom is 0.403 e. The molecular weight excluding hydrogens is 505 g/mol. The van der Waals surface area contributed by atoms with Gasteiger partial charge < -0.3 is 30.9 Å². The number of anilines is 1. The van der Waals surface area contributed by atoms with Crippen molar-refractivity contribution in [2.45, 2.75) is 64.8 Å². The number of ether oxygens (including phenoxy) is 2. The number of nitrogen functional groups attached to an aromatic ring is 1. The Hall–Kier alpha value is -2.64. The molecule has 0 aliphatic carbocycles. The number of nitrogens with zero attached hydrogens (tertiary/aromatic N) is 2. The molecule has 0 spiro atoms. The summed E-state index contributed by atoms with van der Waals surface area (Å²) in [4.78, 5) is 38.6. The maximum absolute atomic E-state index is 12.6. The summed E-state index contributed by atoms with van der Waals surface area (Å²) in [5, 5.41) is 13.2. The molecule has 0 radical (unpaired) electrons. The highest BCUT2D eigenvalue weighted by Crippen LogP contribution is 2.38. The van der Waals surface area contributed by atoms with E-state index in [9.17, 15) is 24.2 Å². The lowest BCUT2D eigenvalue weighted by Gasteiger charge is -2.36. The van der Waals surface area contributed by atoms with Crippen LogP contribution < -0.4 is 22.2 Å². The van der Waals surface area contributed by atoms with Crippen molar-refractivity contribution in [2.75, 3.05) is 12.3 Å². The van der Waals surface area contributed by atoms with Crippen molar-refractivity contribution < 1.29 is 33.4 Å². The van der Waals surface area contributed by atoms with Crippen LogP contribution in [0.2, 0.25) is 0 Å². The summed E-state index contributed by atoms with van der Waals surface area (Å²) < 4.78 is 30.2. The molecule has 3 unspecified atom stereocenters. The molecule has 0 aliphatic rings. The summed E-state index contributed by atoms with van der Waals surface area (Å²) in [6.07, 6.45) is -1.36. The first-order chi connectivity index (χ1) is 17.2. The number of aliphatic hydroxyl groups is 1.